The molecule has 1 aliphatic carbocycles. The Kier molecular flexibility index (Phi) is 6.74. The van der Waals surface area contributed by atoms with Crippen molar-refractivity contribution in [2.45, 2.75) is 44.3 Å². The standard InChI is InChI=1S/C25H30N4O5/c1-4-25(18-8-6-5-7-9-18)23(31)29(24(32)26-25)27-22(30)16-28(19-10-11-19)15-17-14-20(33-2)12-13-21(17)34-3/h5-9,12-14,19H,4,10-11,15-16H2,1-3H3,(H,26,32)(H,27,30). The molecule has 4 amide bonds. The summed E-state index contributed by atoms with van der Waals surface area (Å²) in [6.07, 6.45) is 2.32. The Morgan fingerprint density at radius 3 is 2.50 bits per heavy atom. The molecule has 9 heteroatoms. The van der Waals surface area contributed by atoms with Crippen LogP contribution in [0.5, 0.6) is 11.5 Å². The number of nitrogens with zero attached hydrogens (tertiary/aromatic N) is 2. The molecule has 1 aliphatic heterocycles. The fourth-order valence-electron chi connectivity index (χ4n) is 4.36. The molecule has 180 valence electrons. The Morgan fingerprint density at radius 1 is 1.15 bits per heavy atom. The van der Waals surface area contributed by atoms with Crippen molar-refractivity contribution in [3.05, 3.63) is 59.7 Å². The molecule has 1 atom stereocenters. The van der Waals surface area contributed by atoms with E-state index in [1.165, 1.54) is 0 Å². The minimum Gasteiger partial charge on any atom is -0.497 e. The third-order valence-corrected chi connectivity index (χ3v) is 6.40. The lowest BCUT2D eigenvalue weighted by Crippen LogP contribution is -2.51. The summed E-state index contributed by atoms with van der Waals surface area (Å²) in [5.41, 5.74) is 2.90. The monoisotopic (exact) mass is 466 g/mol. The van der Waals surface area contributed by atoms with Gasteiger partial charge in [0.2, 0.25) is 0 Å². The van der Waals surface area contributed by atoms with Crippen LogP contribution in [0.4, 0.5) is 4.79 Å². The van der Waals surface area contributed by atoms with E-state index >= 15 is 0 Å². The zero-order valence-corrected chi connectivity index (χ0v) is 19.7. The van der Waals surface area contributed by atoms with Crippen LogP contribution in [0.2, 0.25) is 0 Å². The zero-order chi connectivity index (χ0) is 24.3. The Labute approximate surface area is 199 Å². The van der Waals surface area contributed by atoms with Crippen molar-refractivity contribution >= 4 is 17.8 Å². The van der Waals surface area contributed by atoms with Crippen molar-refractivity contribution in [2.75, 3.05) is 20.8 Å². The first-order valence-electron chi connectivity index (χ1n) is 11.4. The van der Waals surface area contributed by atoms with Gasteiger partial charge in [0, 0.05) is 18.2 Å². The molecule has 9 nitrogen and oxygen atoms in total. The molecule has 1 heterocycles. The van der Waals surface area contributed by atoms with E-state index < -0.39 is 23.4 Å². The lowest BCUT2D eigenvalue weighted by molar-refractivity contribution is -0.140. The molecule has 1 unspecified atom stereocenters. The summed E-state index contributed by atoms with van der Waals surface area (Å²) in [6.45, 7) is 2.33. The van der Waals surface area contributed by atoms with Gasteiger partial charge in [0.25, 0.3) is 11.8 Å². The number of carbonyl (C=O) groups is 3. The second-order valence-corrected chi connectivity index (χ2v) is 8.54. The van der Waals surface area contributed by atoms with Gasteiger partial charge >= 0.3 is 6.03 Å². The van der Waals surface area contributed by atoms with Crippen LogP contribution in [-0.2, 0) is 21.7 Å². The maximum absolute atomic E-state index is 13.3. The highest BCUT2D eigenvalue weighted by molar-refractivity contribution is 6.08. The van der Waals surface area contributed by atoms with Gasteiger partial charge in [-0.1, -0.05) is 37.3 Å². The second-order valence-electron chi connectivity index (χ2n) is 8.54. The number of hydrazine groups is 1. The molecule has 0 spiro atoms. The van der Waals surface area contributed by atoms with Crippen molar-refractivity contribution in [1.29, 1.82) is 0 Å². The van der Waals surface area contributed by atoms with Gasteiger partial charge in [-0.15, -0.1) is 0 Å². The first kappa shape index (κ1) is 23.6. The fraction of sp³-hybridized carbons (Fsp3) is 0.400. The van der Waals surface area contributed by atoms with Crippen LogP contribution in [0, 0.1) is 0 Å². The molecule has 0 radical (unpaired) electrons. The maximum Gasteiger partial charge on any atom is 0.344 e. The van der Waals surface area contributed by atoms with Crippen LogP contribution >= 0.6 is 0 Å². The predicted molar refractivity (Wildman–Crippen MR) is 125 cm³/mol. The molecule has 2 aromatic carbocycles. The number of ether oxygens (including phenoxy) is 2. The number of hydrogen-bond donors (Lipinski definition) is 2. The maximum atomic E-state index is 13.3. The summed E-state index contributed by atoms with van der Waals surface area (Å²) in [6, 6.07) is 14.2. The van der Waals surface area contributed by atoms with Gasteiger partial charge < -0.3 is 14.8 Å². The Hall–Kier alpha value is -3.59. The Morgan fingerprint density at radius 2 is 1.88 bits per heavy atom. The molecule has 1 saturated heterocycles. The van der Waals surface area contributed by atoms with E-state index in [0.717, 1.165) is 23.4 Å². The number of nitrogens with one attached hydrogen (secondary N) is 2. The molecule has 2 aromatic rings. The quantitative estimate of drug-likeness (QED) is 0.522. The number of urea groups is 1. The summed E-state index contributed by atoms with van der Waals surface area (Å²) >= 11 is 0. The van der Waals surface area contributed by atoms with E-state index in [4.69, 9.17) is 9.47 Å². The number of imide groups is 1. The third kappa shape index (κ3) is 4.56. The first-order chi connectivity index (χ1) is 16.4. The van der Waals surface area contributed by atoms with Gasteiger partial charge in [-0.25, -0.2) is 4.79 Å². The van der Waals surface area contributed by atoms with Crippen LogP contribution < -0.4 is 20.2 Å². The minimum absolute atomic E-state index is 0.0343. The molecule has 34 heavy (non-hydrogen) atoms. The smallest absolute Gasteiger partial charge is 0.344 e. The summed E-state index contributed by atoms with van der Waals surface area (Å²) in [7, 11) is 3.20. The Bertz CT molecular complexity index is 1070. The average molecular weight is 467 g/mol. The van der Waals surface area contributed by atoms with Gasteiger partial charge in [-0.2, -0.15) is 5.01 Å². The number of carbonyl (C=O) groups excluding carboxylic acids is 3. The van der Waals surface area contributed by atoms with E-state index in [9.17, 15) is 14.4 Å². The number of methoxy groups -OCH3 is 2. The number of amides is 4. The number of benzene rings is 2. The second kappa shape index (κ2) is 9.72. The van der Waals surface area contributed by atoms with E-state index in [0.29, 0.717) is 30.0 Å². The fourth-order valence-corrected chi connectivity index (χ4v) is 4.36. The lowest BCUT2D eigenvalue weighted by Gasteiger charge is -2.26. The van der Waals surface area contributed by atoms with Crippen molar-refractivity contribution < 1.29 is 23.9 Å². The number of rotatable bonds is 10. The van der Waals surface area contributed by atoms with Crippen molar-refractivity contribution in [1.82, 2.24) is 20.7 Å². The van der Waals surface area contributed by atoms with E-state index in [2.05, 4.69) is 10.7 Å². The third-order valence-electron chi connectivity index (χ3n) is 6.40. The molecule has 1 saturated carbocycles. The summed E-state index contributed by atoms with van der Waals surface area (Å²) in [4.78, 5) is 40.9. The van der Waals surface area contributed by atoms with Gasteiger partial charge in [0.15, 0.2) is 0 Å². The average Bonchev–Trinajstić information content (AvgIpc) is 3.67. The lowest BCUT2D eigenvalue weighted by atomic mass is 9.87. The molecular formula is C25H30N4O5. The van der Waals surface area contributed by atoms with Crippen LogP contribution in [0.15, 0.2) is 48.5 Å². The van der Waals surface area contributed by atoms with E-state index in [1.807, 2.05) is 48.2 Å². The van der Waals surface area contributed by atoms with Gasteiger partial charge in [-0.3, -0.25) is 19.9 Å². The molecule has 2 N–H and O–H groups in total. The largest absolute Gasteiger partial charge is 0.497 e. The SMILES string of the molecule is CCC1(c2ccccc2)NC(=O)N(NC(=O)CN(Cc2cc(OC)ccc2OC)C2CC2)C1=O. The predicted octanol–water partition coefficient (Wildman–Crippen LogP) is 2.56. The van der Waals surface area contributed by atoms with Crippen molar-refractivity contribution in [2.24, 2.45) is 0 Å². The minimum atomic E-state index is -1.20. The normalized spacial score (nSPS) is 19.8. The van der Waals surface area contributed by atoms with Gasteiger partial charge in [0.05, 0.1) is 20.8 Å². The van der Waals surface area contributed by atoms with Gasteiger partial charge in [0.1, 0.15) is 17.0 Å². The van der Waals surface area contributed by atoms with Crippen LogP contribution in [0.25, 0.3) is 0 Å². The summed E-state index contributed by atoms with van der Waals surface area (Å²) in [5, 5.41) is 3.57. The van der Waals surface area contributed by atoms with Crippen LogP contribution in [-0.4, -0.2) is 54.6 Å². The molecule has 4 rings (SSSR count). The Balaban J connectivity index is 1.47. The molecule has 2 aliphatic rings. The summed E-state index contributed by atoms with van der Waals surface area (Å²) < 4.78 is 10.8. The first-order valence-corrected chi connectivity index (χ1v) is 11.4. The highest BCUT2D eigenvalue weighted by atomic mass is 16.5. The number of hydrogen-bond acceptors (Lipinski definition) is 6. The van der Waals surface area contributed by atoms with E-state index in [1.54, 1.807) is 26.4 Å². The van der Waals surface area contributed by atoms with E-state index in [-0.39, 0.29) is 12.6 Å². The molecule has 0 aromatic heterocycles. The van der Waals surface area contributed by atoms with Gasteiger partial charge in [-0.05, 0) is 43.0 Å². The zero-order valence-electron chi connectivity index (χ0n) is 19.7. The highest BCUT2D eigenvalue weighted by Crippen LogP contribution is 2.33. The summed E-state index contributed by atoms with van der Waals surface area (Å²) in [5.74, 6) is 0.480. The highest BCUT2D eigenvalue weighted by Gasteiger charge is 2.52. The van der Waals surface area contributed by atoms with Crippen molar-refractivity contribution in [3.63, 3.8) is 0 Å². The van der Waals surface area contributed by atoms with Crippen molar-refractivity contribution in [3.8, 4) is 11.5 Å². The molecule has 0 bridgehead atoms. The topological polar surface area (TPSA) is 100 Å². The van der Waals surface area contributed by atoms with Crippen LogP contribution in [0.3, 0.4) is 0 Å². The van der Waals surface area contributed by atoms with Crippen LogP contribution in [0.1, 0.15) is 37.3 Å². The molecular weight excluding hydrogens is 436 g/mol. The molecule has 2 fully saturated rings.